The number of hydrogen-bond donors (Lipinski definition) is 1. The van der Waals surface area contributed by atoms with Crippen LogP contribution in [0.15, 0.2) is 47.0 Å². The van der Waals surface area contributed by atoms with Crippen LogP contribution in [0.4, 0.5) is 5.69 Å². The molecule has 2 heterocycles. The van der Waals surface area contributed by atoms with E-state index >= 15 is 0 Å². The standard InChI is InChI=1S/C25H27ClN4O4/c1-3-33-25(32)18-9-8-16(2)21(14-18)27-24(31)17-10-12-30(13-11-17)15-22-28-23(29-34-22)19-6-4-5-7-20(19)26/h4-9,14,17H,3,10-13,15H2,1-2H3,(H,27,31). The smallest absolute Gasteiger partial charge is 0.338 e. The fraction of sp³-hybridized carbons (Fsp3) is 0.360. The van der Waals surface area contributed by atoms with E-state index in [0.717, 1.165) is 24.2 Å². The summed E-state index contributed by atoms with van der Waals surface area (Å²) in [5.41, 5.74) is 2.69. The Morgan fingerprint density at radius 2 is 1.97 bits per heavy atom. The van der Waals surface area contributed by atoms with Gasteiger partial charge in [-0.15, -0.1) is 0 Å². The van der Waals surface area contributed by atoms with Crippen LogP contribution < -0.4 is 5.32 Å². The van der Waals surface area contributed by atoms with Crippen molar-refractivity contribution in [3.05, 3.63) is 64.5 Å². The van der Waals surface area contributed by atoms with Crippen molar-refractivity contribution in [1.82, 2.24) is 15.0 Å². The predicted molar refractivity (Wildman–Crippen MR) is 129 cm³/mol. The van der Waals surface area contributed by atoms with Crippen LogP contribution in [0.1, 0.15) is 41.6 Å². The number of aromatic nitrogens is 2. The van der Waals surface area contributed by atoms with Crippen LogP contribution in [0.25, 0.3) is 11.4 Å². The Morgan fingerprint density at radius 1 is 1.21 bits per heavy atom. The Morgan fingerprint density at radius 3 is 2.71 bits per heavy atom. The molecular weight excluding hydrogens is 456 g/mol. The molecule has 8 nitrogen and oxygen atoms in total. The lowest BCUT2D eigenvalue weighted by Crippen LogP contribution is -2.37. The van der Waals surface area contributed by atoms with E-state index in [0.29, 0.717) is 54.0 Å². The Bertz CT molecular complexity index is 1170. The minimum absolute atomic E-state index is 0.0393. The van der Waals surface area contributed by atoms with E-state index < -0.39 is 5.97 Å². The maximum atomic E-state index is 12.9. The average molecular weight is 483 g/mol. The summed E-state index contributed by atoms with van der Waals surface area (Å²) in [5, 5.41) is 7.61. The molecule has 1 aliphatic rings. The lowest BCUT2D eigenvalue weighted by molar-refractivity contribution is -0.121. The van der Waals surface area contributed by atoms with Crippen LogP contribution in [-0.4, -0.2) is 46.6 Å². The van der Waals surface area contributed by atoms with Gasteiger partial charge in [-0.3, -0.25) is 9.69 Å². The molecule has 0 spiro atoms. The largest absolute Gasteiger partial charge is 0.462 e. The van der Waals surface area contributed by atoms with Crippen LogP contribution >= 0.6 is 11.6 Å². The number of piperidine rings is 1. The number of nitrogens with one attached hydrogen (secondary N) is 1. The maximum absolute atomic E-state index is 12.9. The zero-order chi connectivity index (χ0) is 24.1. The van der Waals surface area contributed by atoms with Gasteiger partial charge in [0.1, 0.15) is 0 Å². The number of likely N-dealkylation sites (tertiary alicyclic amines) is 1. The summed E-state index contributed by atoms with van der Waals surface area (Å²) in [6.45, 7) is 5.96. The number of esters is 1. The topological polar surface area (TPSA) is 97.6 Å². The van der Waals surface area contributed by atoms with Crippen molar-refractivity contribution in [2.45, 2.75) is 33.2 Å². The number of rotatable bonds is 7. The molecule has 34 heavy (non-hydrogen) atoms. The first kappa shape index (κ1) is 23.9. The summed E-state index contributed by atoms with van der Waals surface area (Å²) in [6.07, 6.45) is 1.43. The Hall–Kier alpha value is -3.23. The molecule has 4 rings (SSSR count). The Kier molecular flexibility index (Phi) is 7.59. The SMILES string of the molecule is CCOC(=O)c1ccc(C)c(NC(=O)C2CCN(Cc3nc(-c4ccccc4Cl)no3)CC2)c1. The van der Waals surface area contributed by atoms with Gasteiger partial charge in [-0.25, -0.2) is 4.79 Å². The molecule has 0 aliphatic carbocycles. The molecule has 1 aliphatic heterocycles. The molecule has 0 saturated carbocycles. The van der Waals surface area contributed by atoms with Crippen molar-refractivity contribution in [2.75, 3.05) is 25.0 Å². The molecular formula is C25H27ClN4O4. The van der Waals surface area contributed by atoms with E-state index in [1.807, 2.05) is 31.2 Å². The normalized spacial score (nSPS) is 14.7. The molecule has 1 fully saturated rings. The first-order valence-corrected chi connectivity index (χ1v) is 11.7. The second kappa shape index (κ2) is 10.8. The van der Waals surface area contributed by atoms with E-state index in [-0.39, 0.29) is 11.8 Å². The number of hydrogen-bond acceptors (Lipinski definition) is 7. The van der Waals surface area contributed by atoms with Crippen molar-refractivity contribution < 1.29 is 18.8 Å². The molecule has 0 unspecified atom stereocenters. The van der Waals surface area contributed by atoms with E-state index in [1.165, 1.54) is 0 Å². The van der Waals surface area contributed by atoms with Gasteiger partial charge in [0.2, 0.25) is 17.6 Å². The summed E-state index contributed by atoms with van der Waals surface area (Å²) in [4.78, 5) is 31.6. The molecule has 1 amide bonds. The molecule has 3 aromatic rings. The van der Waals surface area contributed by atoms with Gasteiger partial charge in [0.25, 0.3) is 0 Å². The fourth-order valence-electron chi connectivity index (χ4n) is 3.95. The second-order valence-corrected chi connectivity index (χ2v) is 8.69. The van der Waals surface area contributed by atoms with Gasteiger partial charge in [0, 0.05) is 17.2 Å². The second-order valence-electron chi connectivity index (χ2n) is 8.28. The monoisotopic (exact) mass is 482 g/mol. The first-order valence-electron chi connectivity index (χ1n) is 11.3. The van der Waals surface area contributed by atoms with Gasteiger partial charge in [0.05, 0.1) is 23.7 Å². The number of halogens is 1. The number of benzene rings is 2. The summed E-state index contributed by atoms with van der Waals surface area (Å²) in [5.74, 6) is 0.440. The molecule has 9 heteroatoms. The molecule has 1 aromatic heterocycles. The van der Waals surface area contributed by atoms with Gasteiger partial charge >= 0.3 is 5.97 Å². The minimum Gasteiger partial charge on any atom is -0.462 e. The van der Waals surface area contributed by atoms with Crippen molar-refractivity contribution in [2.24, 2.45) is 5.92 Å². The van der Waals surface area contributed by atoms with Crippen molar-refractivity contribution in [3.8, 4) is 11.4 Å². The van der Waals surface area contributed by atoms with Gasteiger partial charge in [-0.1, -0.05) is 35.0 Å². The van der Waals surface area contributed by atoms with Crippen LogP contribution in [-0.2, 0) is 16.1 Å². The third-order valence-electron chi connectivity index (χ3n) is 5.91. The van der Waals surface area contributed by atoms with Gasteiger partial charge < -0.3 is 14.6 Å². The molecule has 0 bridgehead atoms. The number of amides is 1. The summed E-state index contributed by atoms with van der Waals surface area (Å²) in [6, 6.07) is 12.6. The minimum atomic E-state index is -0.398. The van der Waals surface area contributed by atoms with Crippen molar-refractivity contribution in [3.63, 3.8) is 0 Å². The van der Waals surface area contributed by atoms with Crippen LogP contribution in [0, 0.1) is 12.8 Å². The van der Waals surface area contributed by atoms with Gasteiger partial charge in [-0.05, 0) is 69.6 Å². The average Bonchev–Trinajstić information content (AvgIpc) is 3.29. The zero-order valence-corrected chi connectivity index (χ0v) is 20.0. The van der Waals surface area contributed by atoms with E-state index in [9.17, 15) is 9.59 Å². The number of carbonyl (C=O) groups is 2. The highest BCUT2D eigenvalue weighted by atomic mass is 35.5. The highest BCUT2D eigenvalue weighted by molar-refractivity contribution is 6.33. The number of aryl methyl sites for hydroxylation is 1. The van der Waals surface area contributed by atoms with Crippen LogP contribution in [0.5, 0.6) is 0 Å². The third kappa shape index (κ3) is 5.63. The maximum Gasteiger partial charge on any atom is 0.338 e. The summed E-state index contributed by atoms with van der Waals surface area (Å²) < 4.78 is 10.5. The van der Waals surface area contributed by atoms with Crippen LogP contribution in [0.2, 0.25) is 5.02 Å². The van der Waals surface area contributed by atoms with Crippen LogP contribution in [0.3, 0.4) is 0 Å². The molecule has 1 N–H and O–H groups in total. The lowest BCUT2D eigenvalue weighted by Gasteiger charge is -2.30. The zero-order valence-electron chi connectivity index (χ0n) is 19.2. The highest BCUT2D eigenvalue weighted by Crippen LogP contribution is 2.26. The third-order valence-corrected chi connectivity index (χ3v) is 6.24. The molecule has 0 radical (unpaired) electrons. The molecule has 178 valence electrons. The number of anilines is 1. The molecule has 0 atom stereocenters. The van der Waals surface area contributed by atoms with Gasteiger partial charge in [-0.2, -0.15) is 4.98 Å². The highest BCUT2D eigenvalue weighted by Gasteiger charge is 2.26. The first-order chi connectivity index (χ1) is 16.4. The number of carbonyl (C=O) groups excluding carboxylic acids is 2. The van der Waals surface area contributed by atoms with Crippen molar-refractivity contribution in [1.29, 1.82) is 0 Å². The Balaban J connectivity index is 1.31. The van der Waals surface area contributed by atoms with E-state index in [2.05, 4.69) is 20.4 Å². The quantitative estimate of drug-likeness (QED) is 0.486. The summed E-state index contributed by atoms with van der Waals surface area (Å²) in [7, 11) is 0. The van der Waals surface area contributed by atoms with Gasteiger partial charge in [0.15, 0.2) is 0 Å². The predicted octanol–water partition coefficient (Wildman–Crippen LogP) is 4.73. The lowest BCUT2D eigenvalue weighted by atomic mass is 9.95. The number of ether oxygens (including phenoxy) is 1. The van der Waals surface area contributed by atoms with Crippen molar-refractivity contribution >= 4 is 29.2 Å². The van der Waals surface area contributed by atoms with E-state index in [1.54, 1.807) is 25.1 Å². The molecule has 2 aromatic carbocycles. The fourth-order valence-corrected chi connectivity index (χ4v) is 4.17. The Labute approximate surface area is 203 Å². The molecule has 1 saturated heterocycles. The summed E-state index contributed by atoms with van der Waals surface area (Å²) >= 11 is 6.22. The van der Waals surface area contributed by atoms with E-state index in [4.69, 9.17) is 20.9 Å². The number of nitrogens with zero attached hydrogens (tertiary/aromatic N) is 3.